The number of methoxy groups -OCH3 is 1. The first kappa shape index (κ1) is 10.0. The second-order valence-corrected chi connectivity index (χ2v) is 3.18. The molecule has 68 valence electrons. The molecule has 0 radical (unpaired) electrons. The van der Waals surface area contributed by atoms with Gasteiger partial charge in [0.2, 0.25) is 0 Å². The lowest BCUT2D eigenvalue weighted by atomic mass is 10.1. The fourth-order valence-corrected chi connectivity index (χ4v) is 1.61. The van der Waals surface area contributed by atoms with Crippen LogP contribution in [-0.4, -0.2) is 7.11 Å². The Morgan fingerprint density at radius 3 is 2.85 bits per heavy atom. The first-order valence-electron chi connectivity index (χ1n) is 3.58. The molecule has 0 saturated carbocycles. The highest BCUT2D eigenvalue weighted by molar-refractivity contribution is 9.10. The molecule has 13 heavy (non-hydrogen) atoms. The van der Waals surface area contributed by atoms with Crippen LogP contribution in [0.25, 0.3) is 0 Å². The van der Waals surface area contributed by atoms with Crippen molar-refractivity contribution in [2.24, 2.45) is 0 Å². The third kappa shape index (κ3) is 1.99. The van der Waals surface area contributed by atoms with Gasteiger partial charge >= 0.3 is 0 Å². The molecular formula is C9H7BrFNO. The topological polar surface area (TPSA) is 33.0 Å². The summed E-state index contributed by atoms with van der Waals surface area (Å²) in [4.78, 5) is 0. The number of nitrogens with zero attached hydrogens (tertiary/aromatic N) is 1. The Balaban J connectivity index is 3.21. The second-order valence-electron chi connectivity index (χ2n) is 2.39. The van der Waals surface area contributed by atoms with Crippen LogP contribution in [-0.2, 0) is 6.42 Å². The van der Waals surface area contributed by atoms with E-state index in [1.165, 1.54) is 13.2 Å². The number of hydrogen-bond donors (Lipinski definition) is 0. The van der Waals surface area contributed by atoms with Gasteiger partial charge in [-0.2, -0.15) is 5.26 Å². The van der Waals surface area contributed by atoms with Crippen LogP contribution in [0.2, 0.25) is 0 Å². The average Bonchev–Trinajstić information content (AvgIpc) is 2.11. The molecule has 0 spiro atoms. The molecule has 0 fully saturated rings. The molecule has 0 N–H and O–H groups in total. The monoisotopic (exact) mass is 243 g/mol. The van der Waals surface area contributed by atoms with E-state index in [4.69, 9.17) is 10.00 Å². The number of hydrogen-bond acceptors (Lipinski definition) is 2. The minimum Gasteiger partial charge on any atom is -0.492 e. The van der Waals surface area contributed by atoms with E-state index in [9.17, 15) is 4.39 Å². The smallest absolute Gasteiger partial charge is 0.168 e. The van der Waals surface area contributed by atoms with Crippen molar-refractivity contribution >= 4 is 15.9 Å². The summed E-state index contributed by atoms with van der Waals surface area (Å²) >= 11 is 3.18. The Morgan fingerprint density at radius 1 is 1.62 bits per heavy atom. The van der Waals surface area contributed by atoms with Crippen LogP contribution in [0.1, 0.15) is 5.56 Å². The molecule has 0 aromatic heterocycles. The molecule has 2 nitrogen and oxygen atoms in total. The molecule has 0 bridgehead atoms. The fraction of sp³-hybridized carbons (Fsp3) is 0.222. The summed E-state index contributed by atoms with van der Waals surface area (Å²) in [6.07, 6.45) is 0.233. The molecule has 0 amide bonds. The first-order chi connectivity index (χ1) is 6.20. The van der Waals surface area contributed by atoms with Gasteiger partial charge in [-0.15, -0.1) is 0 Å². The third-order valence-electron chi connectivity index (χ3n) is 1.60. The Hall–Kier alpha value is -1.08. The molecule has 0 aliphatic heterocycles. The predicted octanol–water partition coefficient (Wildman–Crippen LogP) is 2.66. The molecule has 4 heteroatoms. The standard InChI is InChI=1S/C9H7BrFNO/c1-13-9-7(11)3-2-6(4-5-12)8(9)10/h2-3H,4H2,1H3. The number of rotatable bonds is 2. The molecule has 1 aromatic carbocycles. The average molecular weight is 244 g/mol. The molecule has 0 aliphatic rings. The lowest BCUT2D eigenvalue weighted by Crippen LogP contribution is -1.93. The third-order valence-corrected chi connectivity index (χ3v) is 2.47. The molecule has 0 unspecified atom stereocenters. The van der Waals surface area contributed by atoms with Crippen molar-refractivity contribution in [1.82, 2.24) is 0 Å². The Morgan fingerprint density at radius 2 is 2.31 bits per heavy atom. The molecule has 1 rings (SSSR count). The van der Waals surface area contributed by atoms with Crippen LogP contribution in [0, 0.1) is 17.1 Å². The van der Waals surface area contributed by atoms with Crippen molar-refractivity contribution in [3.05, 3.63) is 28.0 Å². The highest BCUT2D eigenvalue weighted by Gasteiger charge is 2.10. The van der Waals surface area contributed by atoms with Crippen LogP contribution in [0.3, 0.4) is 0 Å². The van der Waals surface area contributed by atoms with Gasteiger partial charge in [-0.25, -0.2) is 4.39 Å². The fourth-order valence-electron chi connectivity index (χ4n) is 0.982. The Bertz CT molecular complexity index is 359. The van der Waals surface area contributed by atoms with E-state index in [2.05, 4.69) is 15.9 Å². The molecule has 0 aliphatic carbocycles. The molecular weight excluding hydrogens is 237 g/mol. The maximum Gasteiger partial charge on any atom is 0.168 e. The Labute approximate surface area is 84.1 Å². The van der Waals surface area contributed by atoms with Crippen LogP contribution in [0.15, 0.2) is 16.6 Å². The predicted molar refractivity (Wildman–Crippen MR) is 50.0 cm³/mol. The summed E-state index contributed by atoms with van der Waals surface area (Å²) in [5.74, 6) is -0.288. The maximum absolute atomic E-state index is 13.0. The van der Waals surface area contributed by atoms with Gasteiger partial charge in [-0.05, 0) is 27.6 Å². The summed E-state index contributed by atoms with van der Waals surface area (Å²) in [6.45, 7) is 0. The number of benzene rings is 1. The van der Waals surface area contributed by atoms with Crippen molar-refractivity contribution in [1.29, 1.82) is 5.26 Å². The largest absolute Gasteiger partial charge is 0.492 e. The van der Waals surface area contributed by atoms with Crippen molar-refractivity contribution in [2.75, 3.05) is 7.11 Å². The zero-order chi connectivity index (χ0) is 9.84. The van der Waals surface area contributed by atoms with E-state index >= 15 is 0 Å². The van der Waals surface area contributed by atoms with Gasteiger partial charge < -0.3 is 4.74 Å². The van der Waals surface area contributed by atoms with E-state index in [1.54, 1.807) is 6.07 Å². The van der Waals surface area contributed by atoms with Gasteiger partial charge in [0.05, 0.1) is 24.1 Å². The zero-order valence-corrected chi connectivity index (χ0v) is 8.56. The van der Waals surface area contributed by atoms with E-state index in [-0.39, 0.29) is 12.2 Å². The number of ether oxygens (including phenoxy) is 1. The van der Waals surface area contributed by atoms with E-state index in [1.807, 2.05) is 6.07 Å². The van der Waals surface area contributed by atoms with Gasteiger partial charge in [0, 0.05) is 0 Å². The maximum atomic E-state index is 13.0. The highest BCUT2D eigenvalue weighted by Crippen LogP contribution is 2.31. The lowest BCUT2D eigenvalue weighted by Gasteiger charge is -2.07. The minimum atomic E-state index is -0.434. The highest BCUT2D eigenvalue weighted by atomic mass is 79.9. The number of halogens is 2. The minimum absolute atomic E-state index is 0.146. The quantitative estimate of drug-likeness (QED) is 0.801. The van der Waals surface area contributed by atoms with Gasteiger partial charge in [-0.3, -0.25) is 0 Å². The summed E-state index contributed by atoms with van der Waals surface area (Å²) in [5.41, 5.74) is 0.723. The molecule has 1 aromatic rings. The van der Waals surface area contributed by atoms with Gasteiger partial charge in [-0.1, -0.05) is 6.07 Å². The van der Waals surface area contributed by atoms with Gasteiger partial charge in [0.1, 0.15) is 0 Å². The van der Waals surface area contributed by atoms with Crippen LogP contribution in [0.5, 0.6) is 5.75 Å². The van der Waals surface area contributed by atoms with Crippen molar-refractivity contribution in [3.8, 4) is 11.8 Å². The van der Waals surface area contributed by atoms with Crippen LogP contribution < -0.4 is 4.74 Å². The molecule has 0 saturated heterocycles. The SMILES string of the molecule is COc1c(F)ccc(CC#N)c1Br. The summed E-state index contributed by atoms with van der Waals surface area (Å²) in [5, 5.41) is 8.47. The van der Waals surface area contributed by atoms with Crippen LogP contribution in [0.4, 0.5) is 4.39 Å². The van der Waals surface area contributed by atoms with Crippen LogP contribution >= 0.6 is 15.9 Å². The van der Waals surface area contributed by atoms with E-state index < -0.39 is 5.82 Å². The van der Waals surface area contributed by atoms with Gasteiger partial charge in [0.15, 0.2) is 11.6 Å². The zero-order valence-electron chi connectivity index (χ0n) is 6.97. The summed E-state index contributed by atoms with van der Waals surface area (Å²) < 4.78 is 18.4. The summed E-state index contributed by atoms with van der Waals surface area (Å²) in [7, 11) is 1.39. The van der Waals surface area contributed by atoms with Gasteiger partial charge in [0.25, 0.3) is 0 Å². The molecule has 0 heterocycles. The Kier molecular flexibility index (Phi) is 3.26. The van der Waals surface area contributed by atoms with E-state index in [0.29, 0.717) is 4.47 Å². The first-order valence-corrected chi connectivity index (χ1v) is 4.37. The molecule has 0 atom stereocenters. The summed E-state index contributed by atoms with van der Waals surface area (Å²) in [6, 6.07) is 4.84. The van der Waals surface area contributed by atoms with Crippen molar-refractivity contribution in [3.63, 3.8) is 0 Å². The second kappa shape index (κ2) is 4.24. The lowest BCUT2D eigenvalue weighted by molar-refractivity contribution is 0.383. The normalized spacial score (nSPS) is 9.38. The van der Waals surface area contributed by atoms with E-state index in [0.717, 1.165) is 5.56 Å². The van der Waals surface area contributed by atoms with Crippen molar-refractivity contribution < 1.29 is 9.13 Å². The number of nitriles is 1. The van der Waals surface area contributed by atoms with Crippen molar-refractivity contribution in [2.45, 2.75) is 6.42 Å².